The van der Waals surface area contributed by atoms with Crippen LogP contribution in [0, 0.1) is 0 Å². The fourth-order valence-corrected chi connectivity index (χ4v) is 2.94. The van der Waals surface area contributed by atoms with Crippen molar-refractivity contribution in [2.24, 2.45) is 0 Å². The third kappa shape index (κ3) is 2.86. The number of pyridine rings is 1. The van der Waals surface area contributed by atoms with Crippen LogP contribution in [0.4, 0.5) is 0 Å². The highest BCUT2D eigenvalue weighted by Crippen LogP contribution is 2.25. The maximum absolute atomic E-state index is 12.5. The van der Waals surface area contributed by atoms with Gasteiger partial charge in [0, 0.05) is 23.3 Å². The molecule has 0 radical (unpaired) electrons. The fraction of sp³-hybridized carbons (Fsp3) is 0.538. The zero-order chi connectivity index (χ0) is 13.1. The van der Waals surface area contributed by atoms with Gasteiger partial charge in [-0.2, -0.15) is 0 Å². The summed E-state index contributed by atoms with van der Waals surface area (Å²) < 4.78 is 0.778. The molecule has 1 amide bonds. The van der Waals surface area contributed by atoms with E-state index in [0.717, 1.165) is 30.3 Å². The molecule has 0 saturated carbocycles. The molecule has 0 aliphatic carbocycles. The van der Waals surface area contributed by atoms with E-state index in [-0.39, 0.29) is 11.1 Å². The Labute approximate surface area is 121 Å². The second-order valence-electron chi connectivity index (χ2n) is 4.55. The Hall–Kier alpha value is -0.610. The normalized spacial score (nSPS) is 19.9. The summed E-state index contributed by atoms with van der Waals surface area (Å²) in [6, 6.07) is 2.08. The van der Waals surface area contributed by atoms with Gasteiger partial charge in [-0.05, 0) is 47.7 Å². The second-order valence-corrected chi connectivity index (χ2v) is 5.82. The van der Waals surface area contributed by atoms with E-state index < -0.39 is 0 Å². The lowest BCUT2D eigenvalue weighted by Crippen LogP contribution is -2.43. The van der Waals surface area contributed by atoms with Gasteiger partial charge in [-0.15, -0.1) is 0 Å². The molecule has 2 heterocycles. The van der Waals surface area contributed by atoms with Gasteiger partial charge in [-0.25, -0.2) is 4.98 Å². The third-order valence-electron chi connectivity index (χ3n) is 3.40. The predicted octanol–water partition coefficient (Wildman–Crippen LogP) is 3.90. The summed E-state index contributed by atoms with van der Waals surface area (Å²) in [4.78, 5) is 18.5. The molecule has 1 aromatic heterocycles. The van der Waals surface area contributed by atoms with Crippen LogP contribution in [0.5, 0.6) is 0 Å². The third-order valence-corrected chi connectivity index (χ3v) is 4.13. The molecule has 18 heavy (non-hydrogen) atoms. The maximum atomic E-state index is 12.5. The summed E-state index contributed by atoms with van der Waals surface area (Å²) in [5.74, 6) is 0.000324. The number of rotatable bonds is 2. The van der Waals surface area contributed by atoms with Crippen molar-refractivity contribution in [3.8, 4) is 0 Å². The van der Waals surface area contributed by atoms with Crippen LogP contribution in [-0.4, -0.2) is 28.4 Å². The number of hydrogen-bond donors (Lipinski definition) is 0. The lowest BCUT2D eigenvalue weighted by atomic mass is 9.99. The van der Waals surface area contributed by atoms with Crippen LogP contribution in [0.15, 0.2) is 16.7 Å². The van der Waals surface area contributed by atoms with E-state index >= 15 is 0 Å². The lowest BCUT2D eigenvalue weighted by molar-refractivity contribution is 0.0607. The maximum Gasteiger partial charge on any atom is 0.257 e. The number of hydrogen-bond acceptors (Lipinski definition) is 2. The molecular weight excluding hydrogens is 316 g/mol. The number of aromatic nitrogens is 1. The molecule has 1 aliphatic heterocycles. The minimum absolute atomic E-state index is 0.000324. The van der Waals surface area contributed by atoms with Crippen molar-refractivity contribution in [3.05, 3.63) is 27.5 Å². The van der Waals surface area contributed by atoms with Gasteiger partial charge in [0.15, 0.2) is 0 Å². The van der Waals surface area contributed by atoms with E-state index in [2.05, 4.69) is 27.8 Å². The van der Waals surface area contributed by atoms with E-state index in [1.165, 1.54) is 6.42 Å². The summed E-state index contributed by atoms with van der Waals surface area (Å²) in [5.41, 5.74) is 0.492. The van der Waals surface area contributed by atoms with E-state index in [9.17, 15) is 4.79 Å². The first kappa shape index (κ1) is 13.8. The Bertz CT molecular complexity index is 453. The van der Waals surface area contributed by atoms with E-state index in [1.54, 1.807) is 12.3 Å². The molecule has 5 heteroatoms. The summed E-state index contributed by atoms with van der Waals surface area (Å²) >= 11 is 9.35. The monoisotopic (exact) mass is 330 g/mol. The highest BCUT2D eigenvalue weighted by Gasteiger charge is 2.27. The van der Waals surface area contributed by atoms with Crippen LogP contribution in [0.25, 0.3) is 0 Å². The molecule has 0 aromatic carbocycles. The zero-order valence-electron chi connectivity index (χ0n) is 10.3. The van der Waals surface area contributed by atoms with Crippen LogP contribution >= 0.6 is 27.5 Å². The first-order chi connectivity index (χ1) is 8.63. The molecule has 0 N–H and O–H groups in total. The predicted molar refractivity (Wildman–Crippen MR) is 75.9 cm³/mol. The van der Waals surface area contributed by atoms with Gasteiger partial charge in [0.2, 0.25) is 0 Å². The van der Waals surface area contributed by atoms with Crippen molar-refractivity contribution < 1.29 is 4.79 Å². The van der Waals surface area contributed by atoms with Gasteiger partial charge in [0.05, 0.1) is 5.56 Å². The second kappa shape index (κ2) is 6.02. The molecule has 3 nitrogen and oxygen atoms in total. The Morgan fingerprint density at radius 2 is 2.39 bits per heavy atom. The smallest absolute Gasteiger partial charge is 0.257 e. The lowest BCUT2D eigenvalue weighted by Gasteiger charge is -2.35. The van der Waals surface area contributed by atoms with E-state index in [1.807, 2.05) is 4.90 Å². The highest BCUT2D eigenvalue weighted by molar-refractivity contribution is 9.10. The minimum atomic E-state index is 0.000324. The molecular formula is C13H16BrClN2O. The Morgan fingerprint density at radius 1 is 1.61 bits per heavy atom. The first-order valence-corrected chi connectivity index (χ1v) is 7.42. The van der Waals surface area contributed by atoms with Gasteiger partial charge in [0.1, 0.15) is 5.15 Å². The zero-order valence-corrected chi connectivity index (χ0v) is 12.7. The minimum Gasteiger partial charge on any atom is -0.336 e. The van der Waals surface area contributed by atoms with Crippen LogP contribution in [0.2, 0.25) is 5.15 Å². The number of likely N-dealkylation sites (tertiary alicyclic amines) is 1. The topological polar surface area (TPSA) is 33.2 Å². The summed E-state index contributed by atoms with van der Waals surface area (Å²) in [5, 5.41) is 0.281. The van der Waals surface area contributed by atoms with Crippen molar-refractivity contribution in [2.75, 3.05) is 6.54 Å². The molecule has 1 aromatic rings. The van der Waals surface area contributed by atoms with Crippen LogP contribution in [0.3, 0.4) is 0 Å². The standard InChI is InChI=1S/C13H16BrClN2O/c1-2-10-5-3-4-6-17(10)13(18)11-7-9(14)8-16-12(11)15/h7-8,10H,2-6H2,1H3. The summed E-state index contributed by atoms with van der Waals surface area (Å²) in [7, 11) is 0. The number of carbonyl (C=O) groups is 1. The fourth-order valence-electron chi connectivity index (χ4n) is 2.42. The van der Waals surface area contributed by atoms with Gasteiger partial charge in [-0.3, -0.25) is 4.79 Å². The average molecular weight is 332 g/mol. The van der Waals surface area contributed by atoms with Crippen molar-refractivity contribution in [1.82, 2.24) is 9.88 Å². The molecule has 0 bridgehead atoms. The Kier molecular flexibility index (Phi) is 4.62. The van der Waals surface area contributed by atoms with Crippen LogP contribution in [-0.2, 0) is 0 Å². The highest BCUT2D eigenvalue weighted by atomic mass is 79.9. The molecule has 98 valence electrons. The molecule has 1 aliphatic rings. The number of halogens is 2. The van der Waals surface area contributed by atoms with Gasteiger partial charge in [0.25, 0.3) is 5.91 Å². The van der Waals surface area contributed by atoms with E-state index in [0.29, 0.717) is 11.6 Å². The van der Waals surface area contributed by atoms with Crippen LogP contribution in [0.1, 0.15) is 43.0 Å². The first-order valence-electron chi connectivity index (χ1n) is 6.25. The number of nitrogens with zero attached hydrogens (tertiary/aromatic N) is 2. The van der Waals surface area contributed by atoms with Gasteiger partial charge >= 0.3 is 0 Å². The molecule has 1 saturated heterocycles. The Balaban J connectivity index is 2.26. The van der Waals surface area contributed by atoms with Crippen LogP contribution < -0.4 is 0 Å². The molecule has 2 rings (SSSR count). The van der Waals surface area contributed by atoms with Crippen molar-refractivity contribution >= 4 is 33.4 Å². The average Bonchev–Trinajstić information content (AvgIpc) is 2.40. The molecule has 1 fully saturated rings. The molecule has 1 atom stereocenters. The number of amides is 1. The summed E-state index contributed by atoms with van der Waals surface area (Å²) in [6.07, 6.45) is 5.95. The van der Waals surface area contributed by atoms with Gasteiger partial charge < -0.3 is 4.90 Å². The number of carbonyl (C=O) groups excluding carboxylic acids is 1. The van der Waals surface area contributed by atoms with Crippen molar-refractivity contribution in [3.63, 3.8) is 0 Å². The quantitative estimate of drug-likeness (QED) is 0.770. The van der Waals surface area contributed by atoms with E-state index in [4.69, 9.17) is 11.6 Å². The summed E-state index contributed by atoms with van der Waals surface area (Å²) in [6.45, 7) is 2.94. The molecule has 0 spiro atoms. The van der Waals surface area contributed by atoms with Crippen molar-refractivity contribution in [2.45, 2.75) is 38.6 Å². The number of piperidine rings is 1. The Morgan fingerprint density at radius 3 is 3.11 bits per heavy atom. The largest absolute Gasteiger partial charge is 0.336 e. The molecule has 1 unspecified atom stereocenters. The van der Waals surface area contributed by atoms with Crippen molar-refractivity contribution in [1.29, 1.82) is 0 Å². The van der Waals surface area contributed by atoms with Gasteiger partial charge in [-0.1, -0.05) is 18.5 Å². The SMILES string of the molecule is CCC1CCCCN1C(=O)c1cc(Br)cnc1Cl.